The van der Waals surface area contributed by atoms with Gasteiger partial charge in [-0.15, -0.1) is 0 Å². The van der Waals surface area contributed by atoms with Gasteiger partial charge in [-0.1, -0.05) is 45.7 Å². The van der Waals surface area contributed by atoms with Crippen molar-refractivity contribution in [2.75, 3.05) is 19.6 Å². The number of hydrogen-bond donors (Lipinski definition) is 2. The van der Waals surface area contributed by atoms with E-state index in [1.807, 2.05) is 13.8 Å². The van der Waals surface area contributed by atoms with E-state index >= 15 is 0 Å². The molecule has 36 heavy (non-hydrogen) atoms. The SMILES string of the molecule is CCCCN1C(=O)C(C(O)C(C)C)NC(=O)C12CCN(Cc1ccc(OC3CCCCC3)cc1)CC2. The second-order valence-electron chi connectivity index (χ2n) is 11.4. The van der Waals surface area contributed by atoms with Crippen molar-refractivity contribution in [2.45, 2.75) is 109 Å². The van der Waals surface area contributed by atoms with Crippen molar-refractivity contribution < 1.29 is 19.4 Å². The minimum atomic E-state index is -0.881. The van der Waals surface area contributed by atoms with E-state index in [1.54, 1.807) is 4.90 Å². The number of piperazine rings is 1. The number of piperidine rings is 1. The lowest BCUT2D eigenvalue weighted by Gasteiger charge is -2.52. The molecule has 7 heteroatoms. The number of rotatable bonds is 9. The maximum absolute atomic E-state index is 13.5. The maximum atomic E-state index is 13.5. The quantitative estimate of drug-likeness (QED) is 0.539. The lowest BCUT2D eigenvalue weighted by molar-refractivity contribution is -0.165. The number of unbranched alkanes of at least 4 members (excludes halogenated alkanes) is 1. The van der Waals surface area contributed by atoms with Gasteiger partial charge in [0.1, 0.15) is 17.3 Å². The second-order valence-corrected chi connectivity index (χ2v) is 11.4. The van der Waals surface area contributed by atoms with Gasteiger partial charge in [0.05, 0.1) is 12.2 Å². The number of hydrogen-bond acceptors (Lipinski definition) is 5. The zero-order valence-corrected chi connectivity index (χ0v) is 22.4. The van der Waals surface area contributed by atoms with Crippen LogP contribution in [0.15, 0.2) is 24.3 Å². The second kappa shape index (κ2) is 12.0. The summed E-state index contributed by atoms with van der Waals surface area (Å²) in [5.74, 6) is 0.603. The lowest BCUT2D eigenvalue weighted by atomic mass is 9.80. The number of benzene rings is 1. The molecule has 4 rings (SSSR count). The smallest absolute Gasteiger partial charge is 0.248 e. The highest BCUT2D eigenvalue weighted by Crippen LogP contribution is 2.35. The highest BCUT2D eigenvalue weighted by atomic mass is 16.5. The third-order valence-corrected chi connectivity index (χ3v) is 8.39. The molecule has 1 aromatic carbocycles. The van der Waals surface area contributed by atoms with Gasteiger partial charge in [-0.2, -0.15) is 0 Å². The number of aliphatic hydroxyl groups is 1. The van der Waals surface area contributed by atoms with Crippen molar-refractivity contribution in [3.8, 4) is 5.75 Å². The number of carbonyl (C=O) groups is 2. The fraction of sp³-hybridized carbons (Fsp3) is 0.724. The summed E-state index contributed by atoms with van der Waals surface area (Å²) < 4.78 is 6.17. The van der Waals surface area contributed by atoms with Gasteiger partial charge in [0.25, 0.3) is 0 Å². The number of aliphatic hydroxyl groups excluding tert-OH is 1. The maximum Gasteiger partial charge on any atom is 0.248 e. The van der Waals surface area contributed by atoms with Crippen LogP contribution in [0.25, 0.3) is 0 Å². The molecule has 2 atom stereocenters. The summed E-state index contributed by atoms with van der Waals surface area (Å²) >= 11 is 0. The zero-order chi connectivity index (χ0) is 25.7. The molecular formula is C29H45N3O4. The van der Waals surface area contributed by atoms with E-state index in [0.29, 0.717) is 25.5 Å². The first kappa shape index (κ1) is 26.9. The summed E-state index contributed by atoms with van der Waals surface area (Å²) in [6.07, 6.45) is 8.65. The highest BCUT2D eigenvalue weighted by Gasteiger charge is 2.54. The van der Waals surface area contributed by atoms with Gasteiger partial charge in [-0.25, -0.2) is 0 Å². The summed E-state index contributed by atoms with van der Waals surface area (Å²) in [6, 6.07) is 7.59. The van der Waals surface area contributed by atoms with Crippen molar-refractivity contribution in [3.05, 3.63) is 29.8 Å². The molecule has 1 saturated carbocycles. The van der Waals surface area contributed by atoms with Crippen molar-refractivity contribution in [2.24, 2.45) is 5.92 Å². The van der Waals surface area contributed by atoms with Crippen LogP contribution in [0.4, 0.5) is 0 Å². The van der Waals surface area contributed by atoms with E-state index in [-0.39, 0.29) is 17.7 Å². The fourth-order valence-corrected chi connectivity index (χ4v) is 5.98. The molecule has 3 fully saturated rings. The van der Waals surface area contributed by atoms with Crippen LogP contribution in [0, 0.1) is 5.92 Å². The number of nitrogens with one attached hydrogen (secondary N) is 1. The Bertz CT molecular complexity index is 873. The highest BCUT2D eigenvalue weighted by molar-refractivity contribution is 6.00. The Morgan fingerprint density at radius 2 is 1.75 bits per heavy atom. The molecule has 2 amide bonds. The van der Waals surface area contributed by atoms with E-state index in [0.717, 1.165) is 51.1 Å². The number of carbonyl (C=O) groups excluding carboxylic acids is 2. The minimum Gasteiger partial charge on any atom is -0.490 e. The van der Waals surface area contributed by atoms with Crippen LogP contribution >= 0.6 is 0 Å². The predicted molar refractivity (Wildman–Crippen MR) is 141 cm³/mol. The van der Waals surface area contributed by atoms with Crippen molar-refractivity contribution >= 4 is 11.8 Å². The van der Waals surface area contributed by atoms with Gasteiger partial charge in [-0.05, 0) is 68.6 Å². The first-order chi connectivity index (χ1) is 17.3. The average molecular weight is 500 g/mol. The first-order valence-electron chi connectivity index (χ1n) is 14.1. The van der Waals surface area contributed by atoms with Crippen molar-refractivity contribution in [3.63, 3.8) is 0 Å². The zero-order valence-electron chi connectivity index (χ0n) is 22.4. The molecular weight excluding hydrogens is 454 g/mol. The number of amides is 2. The van der Waals surface area contributed by atoms with Gasteiger partial charge in [0, 0.05) is 26.2 Å². The molecule has 1 aromatic rings. The van der Waals surface area contributed by atoms with E-state index in [9.17, 15) is 14.7 Å². The van der Waals surface area contributed by atoms with Gasteiger partial charge < -0.3 is 20.1 Å². The predicted octanol–water partition coefficient (Wildman–Crippen LogP) is 3.88. The molecule has 0 radical (unpaired) electrons. The monoisotopic (exact) mass is 499 g/mol. The largest absolute Gasteiger partial charge is 0.490 e. The van der Waals surface area contributed by atoms with E-state index < -0.39 is 17.7 Å². The topological polar surface area (TPSA) is 82.1 Å². The molecule has 7 nitrogen and oxygen atoms in total. The average Bonchev–Trinajstić information content (AvgIpc) is 2.89. The Labute approximate surface area is 216 Å². The summed E-state index contributed by atoms with van der Waals surface area (Å²) in [7, 11) is 0. The van der Waals surface area contributed by atoms with E-state index in [4.69, 9.17) is 4.74 Å². The van der Waals surface area contributed by atoms with Crippen LogP contribution in [0.2, 0.25) is 0 Å². The van der Waals surface area contributed by atoms with Crippen LogP contribution in [0.5, 0.6) is 5.75 Å². The Hall–Kier alpha value is -2.12. The van der Waals surface area contributed by atoms with Crippen LogP contribution in [0.3, 0.4) is 0 Å². The van der Waals surface area contributed by atoms with Crippen molar-refractivity contribution in [1.29, 1.82) is 0 Å². The van der Waals surface area contributed by atoms with Gasteiger partial charge in [0.2, 0.25) is 11.8 Å². The van der Waals surface area contributed by atoms with Gasteiger partial charge in [0.15, 0.2) is 0 Å². The van der Waals surface area contributed by atoms with Crippen LogP contribution < -0.4 is 10.1 Å². The Morgan fingerprint density at radius 1 is 1.08 bits per heavy atom. The molecule has 1 aliphatic carbocycles. The van der Waals surface area contributed by atoms with E-state index in [1.165, 1.54) is 24.8 Å². The van der Waals surface area contributed by atoms with Crippen LogP contribution in [0.1, 0.15) is 84.1 Å². The molecule has 200 valence electrons. The Balaban J connectivity index is 1.37. The number of ether oxygens (including phenoxy) is 1. The molecule has 2 N–H and O–H groups in total. The Kier molecular flexibility index (Phi) is 8.94. The first-order valence-corrected chi connectivity index (χ1v) is 14.1. The summed E-state index contributed by atoms with van der Waals surface area (Å²) in [5, 5.41) is 13.5. The Morgan fingerprint density at radius 3 is 2.36 bits per heavy atom. The van der Waals surface area contributed by atoms with Gasteiger partial charge >= 0.3 is 0 Å². The molecule has 3 aliphatic rings. The molecule has 0 bridgehead atoms. The molecule has 2 unspecified atom stereocenters. The standard InChI is InChI=1S/C29H45N3O4/c1-4-5-17-32-27(34)25(26(33)21(2)3)30-28(35)29(32)15-18-31(19-16-29)20-22-11-13-24(14-12-22)36-23-9-7-6-8-10-23/h11-14,21,23,25-26,33H,4-10,15-20H2,1-3H3,(H,30,35). The third kappa shape index (κ3) is 5.88. The minimum absolute atomic E-state index is 0.105. The molecule has 2 aliphatic heterocycles. The fourth-order valence-electron chi connectivity index (χ4n) is 5.98. The summed E-state index contributed by atoms with van der Waals surface area (Å²) in [4.78, 5) is 31.1. The molecule has 2 heterocycles. The number of nitrogens with zero attached hydrogens (tertiary/aromatic N) is 2. The van der Waals surface area contributed by atoms with E-state index in [2.05, 4.69) is 41.4 Å². The third-order valence-electron chi connectivity index (χ3n) is 8.39. The summed E-state index contributed by atoms with van der Waals surface area (Å²) in [5.41, 5.74) is 0.419. The molecule has 2 saturated heterocycles. The van der Waals surface area contributed by atoms with Crippen LogP contribution in [-0.2, 0) is 16.1 Å². The lowest BCUT2D eigenvalue weighted by Crippen LogP contribution is -2.74. The normalized spacial score (nSPS) is 24.2. The molecule has 0 aromatic heterocycles. The number of likely N-dealkylation sites (tertiary alicyclic amines) is 1. The summed E-state index contributed by atoms with van der Waals surface area (Å²) in [6.45, 7) is 8.72. The molecule has 1 spiro atoms. The van der Waals surface area contributed by atoms with Crippen LogP contribution in [-0.4, -0.2) is 70.1 Å². The van der Waals surface area contributed by atoms with Gasteiger partial charge in [-0.3, -0.25) is 14.5 Å². The van der Waals surface area contributed by atoms with Crippen molar-refractivity contribution in [1.82, 2.24) is 15.1 Å².